The van der Waals surface area contributed by atoms with E-state index in [4.69, 9.17) is 19.9 Å². The van der Waals surface area contributed by atoms with Crippen LogP contribution < -0.4 is 0 Å². The Morgan fingerprint density at radius 2 is 1.85 bits per heavy atom. The van der Waals surface area contributed by atoms with E-state index in [1.807, 2.05) is 0 Å². The largest absolute Gasteiger partial charge is 0.388 e. The average Bonchev–Trinajstić information content (AvgIpc) is 2.56. The molecule has 76 valence electrons. The Kier molecular flexibility index (Phi) is 2.47. The van der Waals surface area contributed by atoms with Crippen LogP contribution in [0.4, 0.5) is 0 Å². The third kappa shape index (κ3) is 1.67. The summed E-state index contributed by atoms with van der Waals surface area (Å²) in [5.41, 5.74) is 0. The first-order valence-electron chi connectivity index (χ1n) is 3.94. The van der Waals surface area contributed by atoms with Crippen molar-refractivity contribution >= 4 is 0 Å². The second-order valence-corrected chi connectivity index (χ2v) is 3.06. The van der Waals surface area contributed by atoms with E-state index < -0.39 is 24.4 Å². The van der Waals surface area contributed by atoms with E-state index in [2.05, 4.69) is 4.84 Å². The Morgan fingerprint density at radius 3 is 2.54 bits per heavy atom. The molecule has 0 bridgehead atoms. The lowest BCUT2D eigenvalue weighted by atomic mass is 10.1. The molecule has 4 unspecified atom stereocenters. The molecule has 0 aromatic rings. The molecule has 0 radical (unpaired) electrons. The average molecular weight is 193 g/mol. The summed E-state index contributed by atoms with van der Waals surface area (Å²) in [6.45, 7) is 0.357. The summed E-state index contributed by atoms with van der Waals surface area (Å²) in [5, 5.41) is 25.7. The topological polar surface area (TPSA) is 91.6 Å². The number of hydrogen-bond acceptors (Lipinski definition) is 7. The van der Waals surface area contributed by atoms with Crippen LogP contribution in [0.3, 0.4) is 0 Å². The van der Waals surface area contributed by atoms with Crippen molar-refractivity contribution in [1.82, 2.24) is 5.39 Å². The maximum Gasteiger partial charge on any atom is 0.136 e. The van der Waals surface area contributed by atoms with Gasteiger partial charge in [0.15, 0.2) is 0 Å². The third-order valence-corrected chi connectivity index (χ3v) is 2.21. The molecule has 0 spiro atoms. The molecule has 2 rings (SSSR count). The van der Waals surface area contributed by atoms with Gasteiger partial charge in [-0.05, 0) is 0 Å². The quantitative estimate of drug-likeness (QED) is 0.461. The van der Waals surface area contributed by atoms with E-state index in [0.29, 0.717) is 0 Å². The van der Waals surface area contributed by atoms with Crippen LogP contribution in [0.25, 0.3) is 0 Å². The lowest BCUT2D eigenvalue weighted by Crippen LogP contribution is -2.36. The van der Waals surface area contributed by atoms with E-state index in [9.17, 15) is 5.11 Å². The highest BCUT2D eigenvalue weighted by molar-refractivity contribution is 4.94. The van der Waals surface area contributed by atoms with Gasteiger partial charge in [-0.25, -0.2) is 4.84 Å². The van der Waals surface area contributed by atoms with Gasteiger partial charge in [0.05, 0.1) is 18.6 Å². The monoisotopic (exact) mass is 193 g/mol. The Balaban J connectivity index is 1.94. The van der Waals surface area contributed by atoms with Gasteiger partial charge in [0, 0.05) is 0 Å². The summed E-state index contributed by atoms with van der Waals surface area (Å²) in [6.07, 6.45) is -2.11. The zero-order valence-electron chi connectivity index (χ0n) is 6.74. The number of fused-ring (bicyclic) bond motifs is 1. The molecule has 13 heavy (non-hydrogen) atoms. The molecule has 0 aliphatic carbocycles. The fraction of sp³-hybridized carbons (Fsp3) is 1.00. The van der Waals surface area contributed by atoms with Gasteiger partial charge in [-0.3, -0.25) is 10.4 Å². The number of ether oxygens (including phenoxy) is 2. The molecular weight excluding hydrogens is 182 g/mol. The minimum Gasteiger partial charge on any atom is -0.388 e. The Labute approximate surface area is 73.9 Å². The van der Waals surface area contributed by atoms with Crippen LogP contribution in [-0.4, -0.2) is 58.5 Å². The van der Waals surface area contributed by atoms with Gasteiger partial charge in [0.25, 0.3) is 0 Å². The Hall–Kier alpha value is -0.280. The molecule has 0 aromatic carbocycles. The number of rotatable bonds is 2. The Morgan fingerprint density at radius 1 is 1.15 bits per heavy atom. The maximum atomic E-state index is 9.31. The van der Waals surface area contributed by atoms with Crippen molar-refractivity contribution in [1.29, 1.82) is 0 Å². The number of aliphatic hydroxyl groups is 1. The van der Waals surface area contributed by atoms with Gasteiger partial charge < -0.3 is 14.6 Å². The molecule has 7 nitrogen and oxygen atoms in total. The fourth-order valence-electron chi connectivity index (χ4n) is 1.66. The number of aliphatic hydroxyl groups excluding tert-OH is 1. The molecule has 4 atom stereocenters. The third-order valence-electron chi connectivity index (χ3n) is 2.21. The molecule has 7 heteroatoms. The van der Waals surface area contributed by atoms with E-state index in [0.717, 1.165) is 0 Å². The van der Waals surface area contributed by atoms with Gasteiger partial charge in [-0.2, -0.15) is 0 Å². The summed E-state index contributed by atoms with van der Waals surface area (Å²) < 4.78 is 10.3. The molecule has 0 saturated carbocycles. The second kappa shape index (κ2) is 3.46. The SMILES string of the molecule is OC1COC2C(ON(O)O)COC12. The fourth-order valence-corrected chi connectivity index (χ4v) is 1.66. The van der Waals surface area contributed by atoms with E-state index in [-0.39, 0.29) is 18.6 Å². The lowest BCUT2D eigenvalue weighted by Gasteiger charge is -2.16. The van der Waals surface area contributed by atoms with Crippen molar-refractivity contribution in [3.63, 3.8) is 0 Å². The molecular formula is C6H11NO6. The van der Waals surface area contributed by atoms with Crippen LogP contribution in [0.1, 0.15) is 0 Å². The van der Waals surface area contributed by atoms with E-state index in [1.165, 1.54) is 0 Å². The molecule has 2 fully saturated rings. The summed E-state index contributed by atoms with van der Waals surface area (Å²) in [6, 6.07) is 0. The highest BCUT2D eigenvalue weighted by atomic mass is 17.1. The predicted octanol–water partition coefficient (Wildman–Crippen LogP) is -1.47. The van der Waals surface area contributed by atoms with Crippen molar-refractivity contribution < 1.29 is 29.8 Å². The van der Waals surface area contributed by atoms with Crippen molar-refractivity contribution in [3.8, 4) is 0 Å². The number of hydrogen-bond donors (Lipinski definition) is 3. The molecule has 2 aliphatic heterocycles. The molecule has 3 N–H and O–H groups in total. The van der Waals surface area contributed by atoms with Crippen LogP contribution in [0.2, 0.25) is 0 Å². The van der Waals surface area contributed by atoms with Crippen molar-refractivity contribution in [2.75, 3.05) is 13.2 Å². The molecule has 2 heterocycles. The zero-order valence-corrected chi connectivity index (χ0v) is 6.74. The standard InChI is InChI=1S/C6H11NO6/c8-3-1-11-6-4(13-7(9)10)2-12-5(3)6/h3-6,8-10H,1-2H2. The summed E-state index contributed by atoms with van der Waals surface area (Å²) >= 11 is 0. The van der Waals surface area contributed by atoms with E-state index in [1.54, 1.807) is 0 Å². The van der Waals surface area contributed by atoms with Crippen LogP contribution in [0.15, 0.2) is 0 Å². The summed E-state index contributed by atoms with van der Waals surface area (Å²) in [5.74, 6) is 0. The zero-order chi connectivity index (χ0) is 9.42. The van der Waals surface area contributed by atoms with Crippen LogP contribution >= 0.6 is 0 Å². The van der Waals surface area contributed by atoms with Crippen LogP contribution in [0.5, 0.6) is 0 Å². The normalized spacial score (nSPS) is 44.3. The molecule has 0 amide bonds. The smallest absolute Gasteiger partial charge is 0.136 e. The van der Waals surface area contributed by atoms with Gasteiger partial charge in [0.2, 0.25) is 0 Å². The first-order chi connectivity index (χ1) is 6.18. The van der Waals surface area contributed by atoms with E-state index >= 15 is 0 Å². The minimum absolute atomic E-state index is 0.171. The molecule has 2 aliphatic rings. The number of nitrogens with zero attached hydrogens (tertiary/aromatic N) is 1. The van der Waals surface area contributed by atoms with Gasteiger partial charge in [-0.1, -0.05) is 0 Å². The second-order valence-electron chi connectivity index (χ2n) is 3.06. The summed E-state index contributed by atoms with van der Waals surface area (Å²) in [7, 11) is 0. The molecule has 2 saturated heterocycles. The highest BCUT2D eigenvalue weighted by Gasteiger charge is 2.48. The lowest BCUT2D eigenvalue weighted by molar-refractivity contribution is -0.507. The highest BCUT2D eigenvalue weighted by Crippen LogP contribution is 2.28. The minimum atomic E-state index is -0.663. The first-order valence-corrected chi connectivity index (χ1v) is 3.94. The van der Waals surface area contributed by atoms with Crippen molar-refractivity contribution in [2.24, 2.45) is 0 Å². The van der Waals surface area contributed by atoms with Gasteiger partial charge >= 0.3 is 0 Å². The van der Waals surface area contributed by atoms with Gasteiger partial charge in [-0.15, -0.1) is 0 Å². The Bertz CT molecular complexity index is 188. The van der Waals surface area contributed by atoms with Gasteiger partial charge in [0.1, 0.15) is 24.4 Å². The first kappa shape index (κ1) is 9.28. The van der Waals surface area contributed by atoms with Crippen molar-refractivity contribution in [3.05, 3.63) is 0 Å². The predicted molar refractivity (Wildman–Crippen MR) is 35.8 cm³/mol. The van der Waals surface area contributed by atoms with Crippen LogP contribution in [-0.2, 0) is 14.3 Å². The maximum absolute atomic E-state index is 9.31. The summed E-state index contributed by atoms with van der Waals surface area (Å²) in [4.78, 5) is 4.56. The molecule has 0 aromatic heterocycles. The van der Waals surface area contributed by atoms with Crippen LogP contribution in [0, 0.1) is 0 Å². The van der Waals surface area contributed by atoms with Crippen molar-refractivity contribution in [2.45, 2.75) is 24.4 Å².